The molecule has 0 aliphatic heterocycles. The highest BCUT2D eigenvalue weighted by molar-refractivity contribution is 6.31. The Hall–Kier alpha value is -2.22. The molecule has 0 radical (unpaired) electrons. The van der Waals surface area contributed by atoms with E-state index < -0.39 is 44.9 Å². The first kappa shape index (κ1) is 15.8. The van der Waals surface area contributed by atoms with E-state index in [-0.39, 0.29) is 0 Å². The molecule has 0 saturated carbocycles. The van der Waals surface area contributed by atoms with Crippen molar-refractivity contribution in [1.29, 1.82) is 0 Å². The van der Waals surface area contributed by atoms with Crippen molar-refractivity contribution in [2.45, 2.75) is 5.92 Å². The molecule has 9 heteroatoms. The maximum Gasteiger partial charge on any atom is 0.324 e. The summed E-state index contributed by atoms with van der Waals surface area (Å²) < 4.78 is 22.2. The third-order valence-corrected chi connectivity index (χ3v) is 2.74. The number of carbonyl (C=O) groups is 2. The van der Waals surface area contributed by atoms with Gasteiger partial charge in [0, 0.05) is 6.07 Å². The van der Waals surface area contributed by atoms with E-state index >= 15 is 0 Å². The van der Waals surface area contributed by atoms with E-state index in [1.165, 1.54) is 0 Å². The number of nitro groups is 1. The van der Waals surface area contributed by atoms with Gasteiger partial charge < -0.3 is 9.47 Å². The largest absolute Gasteiger partial charge is 0.468 e. The van der Waals surface area contributed by atoms with Crippen LogP contribution in [0, 0.1) is 15.9 Å². The van der Waals surface area contributed by atoms with Crippen LogP contribution in [0.5, 0.6) is 0 Å². The molecule has 0 aliphatic rings. The second kappa shape index (κ2) is 6.29. The summed E-state index contributed by atoms with van der Waals surface area (Å²) in [6.45, 7) is 0. The van der Waals surface area contributed by atoms with Crippen molar-refractivity contribution in [2.75, 3.05) is 14.2 Å². The summed E-state index contributed by atoms with van der Waals surface area (Å²) in [5, 5.41) is 10.4. The molecule has 0 N–H and O–H groups in total. The zero-order chi connectivity index (χ0) is 15.4. The van der Waals surface area contributed by atoms with Crippen LogP contribution >= 0.6 is 11.6 Å². The third-order valence-electron chi connectivity index (χ3n) is 2.45. The van der Waals surface area contributed by atoms with Crippen LogP contribution in [0.25, 0.3) is 0 Å². The van der Waals surface area contributed by atoms with E-state index in [2.05, 4.69) is 9.47 Å². The summed E-state index contributed by atoms with van der Waals surface area (Å²) in [5.74, 6) is -4.99. The fourth-order valence-corrected chi connectivity index (χ4v) is 1.68. The Morgan fingerprint density at radius 3 is 2.20 bits per heavy atom. The van der Waals surface area contributed by atoms with E-state index in [0.29, 0.717) is 12.1 Å². The van der Waals surface area contributed by atoms with Crippen molar-refractivity contribution in [3.8, 4) is 0 Å². The Morgan fingerprint density at radius 2 is 1.80 bits per heavy atom. The second-order valence-corrected chi connectivity index (χ2v) is 3.97. The van der Waals surface area contributed by atoms with Crippen LogP contribution in [0.4, 0.5) is 10.1 Å². The number of hydrogen-bond acceptors (Lipinski definition) is 6. The molecule has 0 heterocycles. The number of methoxy groups -OCH3 is 2. The molecule has 0 unspecified atom stereocenters. The van der Waals surface area contributed by atoms with Crippen molar-refractivity contribution in [3.05, 3.63) is 38.7 Å². The van der Waals surface area contributed by atoms with Crippen LogP contribution in [-0.2, 0) is 19.1 Å². The first-order chi connectivity index (χ1) is 9.33. The number of ether oxygens (including phenoxy) is 2. The molecular weight excluding hydrogens is 297 g/mol. The van der Waals surface area contributed by atoms with Crippen LogP contribution in [0.2, 0.25) is 5.02 Å². The number of hydrogen-bond donors (Lipinski definition) is 0. The van der Waals surface area contributed by atoms with E-state index in [4.69, 9.17) is 11.6 Å². The predicted octanol–water partition coefficient (Wildman–Crippen LogP) is 1.82. The molecule has 0 amide bonds. The quantitative estimate of drug-likeness (QED) is 0.364. The SMILES string of the molecule is COC(=O)C(C(=O)OC)c1cc(F)c(Cl)cc1[N+](=O)[O-]. The Bertz CT molecular complexity index is 560. The number of halogens is 2. The molecule has 0 bridgehead atoms. The molecule has 20 heavy (non-hydrogen) atoms. The van der Waals surface area contributed by atoms with Crippen molar-refractivity contribution >= 4 is 29.2 Å². The standard InChI is InChI=1S/C11H9ClFNO6/c1-19-10(15)9(11(16)20-2)5-3-7(13)6(12)4-8(5)14(17)18/h3-4,9H,1-2H3. The van der Waals surface area contributed by atoms with Gasteiger partial charge in [0.2, 0.25) is 0 Å². The van der Waals surface area contributed by atoms with Gasteiger partial charge in [-0.3, -0.25) is 19.7 Å². The molecule has 0 aliphatic carbocycles. The molecule has 0 aromatic heterocycles. The first-order valence-corrected chi connectivity index (χ1v) is 5.50. The van der Waals surface area contributed by atoms with Gasteiger partial charge in [0.25, 0.3) is 5.69 Å². The monoisotopic (exact) mass is 305 g/mol. The summed E-state index contributed by atoms with van der Waals surface area (Å²) >= 11 is 5.45. The molecule has 0 spiro atoms. The third kappa shape index (κ3) is 3.02. The van der Waals surface area contributed by atoms with Crippen LogP contribution in [0.3, 0.4) is 0 Å². The average molecular weight is 306 g/mol. The van der Waals surface area contributed by atoms with E-state index in [1.54, 1.807) is 0 Å². The summed E-state index contributed by atoms with van der Waals surface area (Å²) in [4.78, 5) is 33.2. The lowest BCUT2D eigenvalue weighted by atomic mass is 9.97. The van der Waals surface area contributed by atoms with Gasteiger partial charge in [-0.1, -0.05) is 11.6 Å². The Morgan fingerprint density at radius 1 is 1.30 bits per heavy atom. The molecule has 0 saturated heterocycles. The number of benzene rings is 1. The minimum Gasteiger partial charge on any atom is -0.468 e. The highest BCUT2D eigenvalue weighted by Crippen LogP contribution is 2.33. The fraction of sp³-hybridized carbons (Fsp3) is 0.273. The van der Waals surface area contributed by atoms with Gasteiger partial charge in [-0.05, 0) is 6.07 Å². The minimum atomic E-state index is -1.77. The number of carbonyl (C=O) groups excluding carboxylic acids is 2. The van der Waals surface area contributed by atoms with Crippen molar-refractivity contribution in [1.82, 2.24) is 0 Å². The normalized spacial score (nSPS) is 10.2. The molecule has 108 valence electrons. The lowest BCUT2D eigenvalue weighted by molar-refractivity contribution is -0.385. The summed E-state index contributed by atoms with van der Waals surface area (Å²) in [5.41, 5.74) is -1.17. The van der Waals surface area contributed by atoms with Gasteiger partial charge in [-0.2, -0.15) is 0 Å². The molecule has 0 atom stereocenters. The number of esters is 2. The molecule has 0 fully saturated rings. The van der Waals surface area contributed by atoms with Crippen molar-refractivity contribution < 1.29 is 28.4 Å². The van der Waals surface area contributed by atoms with Crippen LogP contribution in [0.15, 0.2) is 12.1 Å². The van der Waals surface area contributed by atoms with Gasteiger partial charge in [0.05, 0.1) is 29.7 Å². The molecule has 1 aromatic carbocycles. The van der Waals surface area contributed by atoms with E-state index in [1.807, 2.05) is 0 Å². The second-order valence-electron chi connectivity index (χ2n) is 3.56. The lowest BCUT2D eigenvalue weighted by Gasteiger charge is -2.13. The molecular formula is C11H9ClFNO6. The Balaban J connectivity index is 3.54. The van der Waals surface area contributed by atoms with Crippen molar-refractivity contribution in [2.24, 2.45) is 0 Å². The smallest absolute Gasteiger partial charge is 0.324 e. The molecule has 1 aromatic rings. The van der Waals surface area contributed by atoms with Crippen LogP contribution < -0.4 is 0 Å². The van der Waals surface area contributed by atoms with E-state index in [0.717, 1.165) is 14.2 Å². The Labute approximate surface area is 117 Å². The first-order valence-electron chi connectivity index (χ1n) is 5.12. The van der Waals surface area contributed by atoms with Gasteiger partial charge in [0.15, 0.2) is 5.92 Å². The van der Waals surface area contributed by atoms with Gasteiger partial charge in [-0.25, -0.2) is 4.39 Å². The highest BCUT2D eigenvalue weighted by atomic mass is 35.5. The Kier molecular flexibility index (Phi) is 4.98. The lowest BCUT2D eigenvalue weighted by Crippen LogP contribution is -2.25. The summed E-state index contributed by atoms with van der Waals surface area (Å²) in [6.07, 6.45) is 0. The fourth-order valence-electron chi connectivity index (χ4n) is 1.53. The number of nitrogens with zero attached hydrogens (tertiary/aromatic N) is 1. The topological polar surface area (TPSA) is 95.7 Å². The molecule has 7 nitrogen and oxygen atoms in total. The predicted molar refractivity (Wildman–Crippen MR) is 64.8 cm³/mol. The summed E-state index contributed by atoms with van der Waals surface area (Å²) in [7, 11) is 1.97. The highest BCUT2D eigenvalue weighted by Gasteiger charge is 2.37. The zero-order valence-electron chi connectivity index (χ0n) is 10.4. The zero-order valence-corrected chi connectivity index (χ0v) is 11.1. The molecule has 1 rings (SSSR count). The van der Waals surface area contributed by atoms with Gasteiger partial charge in [0.1, 0.15) is 5.82 Å². The minimum absolute atomic E-state index is 0.490. The van der Waals surface area contributed by atoms with Crippen LogP contribution in [0.1, 0.15) is 11.5 Å². The number of nitro benzene ring substituents is 1. The van der Waals surface area contributed by atoms with Crippen LogP contribution in [-0.4, -0.2) is 31.1 Å². The van der Waals surface area contributed by atoms with Gasteiger partial charge in [-0.15, -0.1) is 0 Å². The maximum atomic E-state index is 13.5. The van der Waals surface area contributed by atoms with E-state index in [9.17, 15) is 24.1 Å². The summed E-state index contributed by atoms with van der Waals surface area (Å²) in [6, 6.07) is 1.35. The van der Waals surface area contributed by atoms with Crippen molar-refractivity contribution in [3.63, 3.8) is 0 Å². The van der Waals surface area contributed by atoms with Gasteiger partial charge >= 0.3 is 11.9 Å². The maximum absolute atomic E-state index is 13.5. The average Bonchev–Trinajstić information content (AvgIpc) is 2.41. The number of rotatable bonds is 4.